The van der Waals surface area contributed by atoms with Gasteiger partial charge in [-0.2, -0.15) is 0 Å². The minimum atomic E-state index is -0.945. The van der Waals surface area contributed by atoms with Crippen LogP contribution in [-0.4, -0.2) is 27.0 Å². The first-order valence-corrected chi connectivity index (χ1v) is 6.31. The Morgan fingerprint density at radius 2 is 2.10 bits per heavy atom. The summed E-state index contributed by atoms with van der Waals surface area (Å²) < 4.78 is 0. The highest BCUT2D eigenvalue weighted by molar-refractivity contribution is 5.73. The molecule has 1 atom stereocenters. The first-order chi connectivity index (χ1) is 9.25. The van der Waals surface area contributed by atoms with Crippen molar-refractivity contribution in [2.75, 3.05) is 0 Å². The molecule has 0 saturated heterocycles. The average molecular weight is 281 g/mol. The first-order valence-electron chi connectivity index (χ1n) is 6.31. The molecular weight excluding hydrogens is 262 g/mol. The molecule has 7 nitrogen and oxygen atoms in total. The molecule has 0 aliphatic heterocycles. The lowest BCUT2D eigenvalue weighted by Gasteiger charge is -2.18. The van der Waals surface area contributed by atoms with E-state index >= 15 is 0 Å². The molecule has 1 aromatic heterocycles. The van der Waals surface area contributed by atoms with Crippen LogP contribution in [0, 0.1) is 29.9 Å². The molecule has 2 N–H and O–H groups in total. The maximum atomic E-state index is 11.1. The SMILES string of the molecule is Cc1cnc(CNC(C(=O)O)C(C)C)c(C)c1[N+](=O)[O-]. The standard InChI is InChI=1S/C13H19N3O4/c1-7(2)11(13(17)18)15-6-10-9(4)12(16(19)20)8(3)5-14-10/h5,7,11,15H,6H2,1-4H3,(H,17,18). The van der Waals surface area contributed by atoms with Gasteiger partial charge in [0.2, 0.25) is 0 Å². The van der Waals surface area contributed by atoms with E-state index in [4.69, 9.17) is 5.11 Å². The summed E-state index contributed by atoms with van der Waals surface area (Å²) in [5.41, 5.74) is 1.49. The van der Waals surface area contributed by atoms with Crippen LogP contribution in [-0.2, 0) is 11.3 Å². The van der Waals surface area contributed by atoms with Gasteiger partial charge >= 0.3 is 5.97 Å². The first kappa shape index (κ1) is 16.0. The van der Waals surface area contributed by atoms with Crippen molar-refractivity contribution >= 4 is 11.7 Å². The lowest BCUT2D eigenvalue weighted by Crippen LogP contribution is -2.40. The highest BCUT2D eigenvalue weighted by Crippen LogP contribution is 2.24. The van der Waals surface area contributed by atoms with Crippen LogP contribution in [0.3, 0.4) is 0 Å². The number of nitro groups is 1. The van der Waals surface area contributed by atoms with Crippen molar-refractivity contribution in [3.8, 4) is 0 Å². The number of aromatic nitrogens is 1. The molecule has 0 fully saturated rings. The van der Waals surface area contributed by atoms with Gasteiger partial charge in [-0.15, -0.1) is 0 Å². The van der Waals surface area contributed by atoms with Crippen LogP contribution in [0.5, 0.6) is 0 Å². The summed E-state index contributed by atoms with van der Waals surface area (Å²) in [6.07, 6.45) is 1.44. The van der Waals surface area contributed by atoms with Crippen LogP contribution in [0.2, 0.25) is 0 Å². The van der Waals surface area contributed by atoms with Crippen LogP contribution in [0.15, 0.2) is 6.20 Å². The molecule has 0 saturated carbocycles. The number of nitrogens with one attached hydrogen (secondary N) is 1. The number of carbonyl (C=O) groups is 1. The average Bonchev–Trinajstić information content (AvgIpc) is 2.30. The summed E-state index contributed by atoms with van der Waals surface area (Å²) in [7, 11) is 0. The number of rotatable bonds is 6. The van der Waals surface area contributed by atoms with E-state index in [1.54, 1.807) is 27.7 Å². The van der Waals surface area contributed by atoms with Crippen LogP contribution in [0.1, 0.15) is 30.7 Å². The molecule has 0 radical (unpaired) electrons. The third kappa shape index (κ3) is 3.51. The van der Waals surface area contributed by atoms with Crippen molar-refractivity contribution in [2.45, 2.75) is 40.3 Å². The Bertz CT molecular complexity index is 529. The van der Waals surface area contributed by atoms with Gasteiger partial charge < -0.3 is 5.11 Å². The number of pyridine rings is 1. The number of carboxylic acids is 1. The lowest BCUT2D eigenvalue weighted by molar-refractivity contribution is -0.386. The predicted molar refractivity (Wildman–Crippen MR) is 73.5 cm³/mol. The molecule has 0 aliphatic carbocycles. The molecule has 1 heterocycles. The van der Waals surface area contributed by atoms with E-state index in [-0.39, 0.29) is 18.2 Å². The molecule has 0 amide bonds. The van der Waals surface area contributed by atoms with Gasteiger partial charge in [0.05, 0.1) is 10.6 Å². The van der Waals surface area contributed by atoms with Crippen molar-refractivity contribution in [1.29, 1.82) is 0 Å². The minimum absolute atomic E-state index is 0.0354. The largest absolute Gasteiger partial charge is 0.480 e. The number of aliphatic carboxylic acids is 1. The quantitative estimate of drug-likeness (QED) is 0.608. The van der Waals surface area contributed by atoms with E-state index in [0.717, 1.165) is 0 Å². The Morgan fingerprint density at radius 3 is 2.55 bits per heavy atom. The maximum Gasteiger partial charge on any atom is 0.320 e. The number of nitrogens with zero attached hydrogens (tertiary/aromatic N) is 2. The molecule has 1 aromatic rings. The van der Waals surface area contributed by atoms with Gasteiger partial charge in [-0.05, 0) is 19.8 Å². The zero-order chi connectivity index (χ0) is 15.4. The second-order valence-electron chi connectivity index (χ2n) is 5.06. The molecule has 0 spiro atoms. The van der Waals surface area contributed by atoms with E-state index in [2.05, 4.69) is 10.3 Å². The molecular formula is C13H19N3O4. The Balaban J connectivity index is 2.97. The van der Waals surface area contributed by atoms with Gasteiger partial charge in [0, 0.05) is 23.9 Å². The summed E-state index contributed by atoms with van der Waals surface area (Å²) in [6.45, 7) is 7.03. The molecule has 110 valence electrons. The second kappa shape index (κ2) is 6.42. The molecule has 20 heavy (non-hydrogen) atoms. The van der Waals surface area contributed by atoms with E-state index in [9.17, 15) is 14.9 Å². The second-order valence-corrected chi connectivity index (χ2v) is 5.06. The van der Waals surface area contributed by atoms with Gasteiger partial charge in [-0.1, -0.05) is 13.8 Å². The van der Waals surface area contributed by atoms with Gasteiger partial charge in [-0.25, -0.2) is 0 Å². The van der Waals surface area contributed by atoms with Gasteiger partial charge in [0.25, 0.3) is 5.69 Å². The Hall–Kier alpha value is -2.02. The zero-order valence-corrected chi connectivity index (χ0v) is 12.0. The fourth-order valence-corrected chi connectivity index (χ4v) is 2.04. The van der Waals surface area contributed by atoms with E-state index in [0.29, 0.717) is 16.8 Å². The summed E-state index contributed by atoms with van der Waals surface area (Å²) in [5, 5.41) is 23.0. The molecule has 0 bridgehead atoms. The third-order valence-corrected chi connectivity index (χ3v) is 3.18. The van der Waals surface area contributed by atoms with Crippen LogP contribution >= 0.6 is 0 Å². The molecule has 1 rings (SSSR count). The summed E-state index contributed by atoms with van der Waals surface area (Å²) in [6, 6.07) is -0.712. The predicted octanol–water partition coefficient (Wildman–Crippen LogP) is 1.81. The Kier molecular flexibility index (Phi) is 5.15. The normalized spacial score (nSPS) is 12.4. The lowest BCUT2D eigenvalue weighted by atomic mass is 10.0. The van der Waals surface area contributed by atoms with Crippen molar-refractivity contribution in [3.05, 3.63) is 33.1 Å². The van der Waals surface area contributed by atoms with Gasteiger partial charge in [-0.3, -0.25) is 25.2 Å². The fraction of sp³-hybridized carbons (Fsp3) is 0.538. The van der Waals surface area contributed by atoms with Crippen molar-refractivity contribution < 1.29 is 14.8 Å². The smallest absolute Gasteiger partial charge is 0.320 e. The van der Waals surface area contributed by atoms with E-state index in [1.807, 2.05) is 0 Å². The van der Waals surface area contributed by atoms with Gasteiger partial charge in [0.15, 0.2) is 0 Å². The minimum Gasteiger partial charge on any atom is -0.480 e. The third-order valence-electron chi connectivity index (χ3n) is 3.18. The summed E-state index contributed by atoms with van der Waals surface area (Å²) in [4.78, 5) is 25.8. The topological polar surface area (TPSA) is 105 Å². The highest BCUT2D eigenvalue weighted by atomic mass is 16.6. The van der Waals surface area contributed by atoms with Crippen LogP contribution in [0.4, 0.5) is 5.69 Å². The summed E-state index contributed by atoms with van der Waals surface area (Å²) in [5.74, 6) is -1.03. The van der Waals surface area contributed by atoms with Crippen molar-refractivity contribution in [1.82, 2.24) is 10.3 Å². The number of hydrogen-bond donors (Lipinski definition) is 2. The molecule has 0 aliphatic rings. The Labute approximate surface area is 117 Å². The Morgan fingerprint density at radius 1 is 1.50 bits per heavy atom. The molecule has 1 unspecified atom stereocenters. The van der Waals surface area contributed by atoms with Crippen molar-refractivity contribution in [3.63, 3.8) is 0 Å². The number of carboxylic acid groups (broad SMARTS) is 1. The number of hydrogen-bond acceptors (Lipinski definition) is 5. The molecule has 0 aromatic carbocycles. The summed E-state index contributed by atoms with van der Waals surface area (Å²) >= 11 is 0. The van der Waals surface area contributed by atoms with Crippen LogP contribution in [0.25, 0.3) is 0 Å². The maximum absolute atomic E-state index is 11.1. The molecule has 7 heteroatoms. The van der Waals surface area contributed by atoms with Crippen LogP contribution < -0.4 is 5.32 Å². The monoisotopic (exact) mass is 281 g/mol. The van der Waals surface area contributed by atoms with Crippen molar-refractivity contribution in [2.24, 2.45) is 5.92 Å². The fourth-order valence-electron chi connectivity index (χ4n) is 2.04. The van der Waals surface area contributed by atoms with E-state index < -0.39 is 16.9 Å². The number of aryl methyl sites for hydroxylation is 1. The highest BCUT2D eigenvalue weighted by Gasteiger charge is 2.23. The zero-order valence-electron chi connectivity index (χ0n) is 12.0. The van der Waals surface area contributed by atoms with E-state index in [1.165, 1.54) is 6.20 Å². The van der Waals surface area contributed by atoms with Gasteiger partial charge in [0.1, 0.15) is 6.04 Å².